The largest absolute Gasteiger partial charge is 0.438 e. The maximum absolute atomic E-state index is 13.3. The van der Waals surface area contributed by atoms with Gasteiger partial charge < -0.3 is 15.4 Å². The van der Waals surface area contributed by atoms with Gasteiger partial charge >= 0.3 is 6.09 Å². The minimum absolute atomic E-state index is 0.154. The molecule has 2 N–H and O–H groups in total. The summed E-state index contributed by atoms with van der Waals surface area (Å²) in [7, 11) is 0. The van der Waals surface area contributed by atoms with Crippen molar-refractivity contribution < 1.29 is 19.1 Å². The summed E-state index contributed by atoms with van der Waals surface area (Å²) in [5.41, 5.74) is 4.15. The first-order valence-electron chi connectivity index (χ1n) is 12.5. The molecule has 7 nitrogen and oxygen atoms in total. The Hall–Kier alpha value is -4.13. The zero-order valence-corrected chi connectivity index (χ0v) is 21.4. The number of anilines is 1. The Morgan fingerprint density at radius 2 is 1.68 bits per heavy atom. The summed E-state index contributed by atoms with van der Waals surface area (Å²) in [6.07, 6.45) is -1.11. The molecule has 3 amide bonds. The first kappa shape index (κ1) is 25.9. The van der Waals surface area contributed by atoms with Crippen molar-refractivity contribution in [3.8, 4) is 0 Å². The fraction of sp³-hybridized carbons (Fsp3) is 0.300. The minimum atomic E-state index is -0.845. The molecule has 0 saturated carbocycles. The van der Waals surface area contributed by atoms with Crippen molar-refractivity contribution >= 4 is 23.6 Å². The monoisotopic (exact) mass is 499 g/mol. The summed E-state index contributed by atoms with van der Waals surface area (Å²) in [6.45, 7) is 6.77. The maximum Gasteiger partial charge on any atom is 0.411 e. The van der Waals surface area contributed by atoms with Crippen molar-refractivity contribution in [3.63, 3.8) is 0 Å². The second-order valence-electron chi connectivity index (χ2n) is 9.84. The van der Waals surface area contributed by atoms with Crippen molar-refractivity contribution in [2.24, 2.45) is 5.92 Å². The third-order valence-electron chi connectivity index (χ3n) is 6.22. The molecule has 37 heavy (non-hydrogen) atoms. The van der Waals surface area contributed by atoms with E-state index in [4.69, 9.17) is 4.74 Å². The second-order valence-corrected chi connectivity index (χ2v) is 9.84. The molecule has 0 spiro atoms. The molecule has 0 unspecified atom stereocenters. The summed E-state index contributed by atoms with van der Waals surface area (Å²) < 4.78 is 5.77. The van der Waals surface area contributed by atoms with Crippen LogP contribution in [0.1, 0.15) is 42.2 Å². The van der Waals surface area contributed by atoms with E-state index in [1.807, 2.05) is 81.4 Å². The second kappa shape index (κ2) is 11.7. The lowest BCUT2D eigenvalue weighted by molar-refractivity contribution is -0.126. The molecule has 1 aliphatic rings. The quantitative estimate of drug-likeness (QED) is 0.433. The first-order valence-corrected chi connectivity index (χ1v) is 12.5. The molecule has 0 aliphatic carbocycles. The van der Waals surface area contributed by atoms with Gasteiger partial charge in [-0.3, -0.25) is 14.5 Å². The fourth-order valence-electron chi connectivity index (χ4n) is 4.29. The molecule has 3 aromatic carbocycles. The number of amides is 3. The van der Waals surface area contributed by atoms with Crippen LogP contribution >= 0.6 is 0 Å². The lowest BCUT2D eigenvalue weighted by Gasteiger charge is -2.25. The molecule has 1 aliphatic heterocycles. The summed E-state index contributed by atoms with van der Waals surface area (Å²) in [4.78, 5) is 40.4. The Morgan fingerprint density at radius 1 is 0.946 bits per heavy atom. The Balaban J connectivity index is 1.56. The van der Waals surface area contributed by atoms with Crippen LogP contribution in [0.3, 0.4) is 0 Å². The van der Waals surface area contributed by atoms with Crippen molar-refractivity contribution in [2.75, 3.05) is 11.9 Å². The predicted octanol–water partition coefficient (Wildman–Crippen LogP) is 5.01. The Labute approximate surface area is 217 Å². The van der Waals surface area contributed by atoms with Gasteiger partial charge in [0.1, 0.15) is 0 Å². The van der Waals surface area contributed by atoms with Gasteiger partial charge in [-0.25, -0.2) is 4.79 Å². The number of benzene rings is 3. The van der Waals surface area contributed by atoms with Crippen LogP contribution in [0.4, 0.5) is 10.5 Å². The molecule has 0 aromatic heterocycles. The van der Waals surface area contributed by atoms with E-state index in [0.717, 1.165) is 16.7 Å². The van der Waals surface area contributed by atoms with Gasteiger partial charge in [0.2, 0.25) is 11.8 Å². The normalized spacial score (nSPS) is 17.0. The third-order valence-corrected chi connectivity index (χ3v) is 6.22. The van der Waals surface area contributed by atoms with Crippen LogP contribution < -0.4 is 10.6 Å². The predicted molar refractivity (Wildman–Crippen MR) is 143 cm³/mol. The van der Waals surface area contributed by atoms with E-state index in [9.17, 15) is 14.4 Å². The zero-order chi connectivity index (χ0) is 26.4. The van der Waals surface area contributed by atoms with E-state index < -0.39 is 18.2 Å². The van der Waals surface area contributed by atoms with Crippen LogP contribution in [0.15, 0.2) is 78.9 Å². The smallest absolute Gasteiger partial charge is 0.411 e. The van der Waals surface area contributed by atoms with Crippen LogP contribution in [-0.4, -0.2) is 35.4 Å². The average molecular weight is 500 g/mol. The van der Waals surface area contributed by atoms with Crippen LogP contribution in [-0.2, 0) is 27.3 Å². The molecule has 1 heterocycles. The number of cyclic esters (lactones) is 1. The van der Waals surface area contributed by atoms with E-state index in [1.54, 1.807) is 18.2 Å². The number of carbonyl (C=O) groups is 3. The Bertz CT molecular complexity index is 1240. The summed E-state index contributed by atoms with van der Waals surface area (Å²) >= 11 is 0. The molecular weight excluding hydrogens is 466 g/mol. The number of rotatable bonds is 9. The van der Waals surface area contributed by atoms with Gasteiger partial charge in [-0.1, -0.05) is 86.1 Å². The van der Waals surface area contributed by atoms with Gasteiger partial charge in [-0.2, -0.15) is 0 Å². The number of nitrogens with one attached hydrogen (secondary N) is 2. The number of carbonyl (C=O) groups excluding carboxylic acids is 3. The van der Waals surface area contributed by atoms with Crippen molar-refractivity contribution in [1.29, 1.82) is 0 Å². The minimum Gasteiger partial charge on any atom is -0.438 e. The van der Waals surface area contributed by atoms with Gasteiger partial charge in [0.15, 0.2) is 12.1 Å². The molecule has 4 rings (SSSR count). The van der Waals surface area contributed by atoms with Crippen LogP contribution in [0.2, 0.25) is 0 Å². The highest BCUT2D eigenvalue weighted by Gasteiger charge is 2.47. The number of hydrogen-bond acceptors (Lipinski definition) is 4. The SMILES string of the molecule is Cc1ccc(CN2C(=O)O[C@@H](c3cccc(NC(=O)Cc4ccccc4)c3)[C@H]2C(=O)NCC(C)C)cc1. The van der Waals surface area contributed by atoms with E-state index >= 15 is 0 Å². The summed E-state index contributed by atoms with van der Waals surface area (Å²) in [5.74, 6) is -0.164. The molecule has 2 atom stereocenters. The number of nitrogens with zero attached hydrogens (tertiary/aromatic N) is 1. The first-order chi connectivity index (χ1) is 17.8. The van der Waals surface area contributed by atoms with Crippen LogP contribution in [0, 0.1) is 12.8 Å². The highest BCUT2D eigenvalue weighted by molar-refractivity contribution is 5.92. The summed E-state index contributed by atoms with van der Waals surface area (Å²) in [6, 6.07) is 23.6. The van der Waals surface area contributed by atoms with Crippen LogP contribution in [0.25, 0.3) is 0 Å². The Morgan fingerprint density at radius 3 is 2.38 bits per heavy atom. The highest BCUT2D eigenvalue weighted by Crippen LogP contribution is 2.35. The van der Waals surface area contributed by atoms with Gasteiger partial charge in [0, 0.05) is 12.2 Å². The van der Waals surface area contributed by atoms with Gasteiger partial charge in [0.05, 0.1) is 13.0 Å². The summed E-state index contributed by atoms with van der Waals surface area (Å²) in [5, 5.41) is 5.87. The van der Waals surface area contributed by atoms with E-state index in [0.29, 0.717) is 17.8 Å². The van der Waals surface area contributed by atoms with Gasteiger partial charge in [-0.15, -0.1) is 0 Å². The zero-order valence-electron chi connectivity index (χ0n) is 21.4. The molecule has 0 radical (unpaired) electrons. The fourth-order valence-corrected chi connectivity index (χ4v) is 4.29. The van der Waals surface area contributed by atoms with Gasteiger partial charge in [-0.05, 0) is 41.7 Å². The molecule has 1 saturated heterocycles. The third kappa shape index (κ3) is 6.76. The standard InChI is InChI=1S/C30H33N3O4/c1-20(2)18-31-29(35)27-28(37-30(36)33(27)19-23-14-12-21(3)13-15-23)24-10-7-11-25(17-24)32-26(34)16-22-8-5-4-6-9-22/h4-15,17,20,27-28H,16,18-19H2,1-3H3,(H,31,35)(H,32,34)/t27-,28-/m0/s1. The highest BCUT2D eigenvalue weighted by atomic mass is 16.6. The maximum atomic E-state index is 13.3. The van der Waals surface area contributed by atoms with Crippen molar-refractivity contribution in [1.82, 2.24) is 10.2 Å². The topological polar surface area (TPSA) is 87.7 Å². The van der Waals surface area contributed by atoms with Crippen molar-refractivity contribution in [2.45, 2.75) is 45.9 Å². The molecule has 7 heteroatoms. The van der Waals surface area contributed by atoms with Crippen LogP contribution in [0.5, 0.6) is 0 Å². The lowest BCUT2D eigenvalue weighted by atomic mass is 9.99. The number of aryl methyl sites for hydroxylation is 1. The number of hydrogen-bond donors (Lipinski definition) is 2. The molecular formula is C30H33N3O4. The van der Waals surface area contributed by atoms with Crippen molar-refractivity contribution in [3.05, 3.63) is 101 Å². The van der Waals surface area contributed by atoms with E-state index in [1.165, 1.54) is 4.90 Å². The van der Waals surface area contributed by atoms with E-state index in [2.05, 4.69) is 10.6 Å². The molecule has 3 aromatic rings. The van der Waals surface area contributed by atoms with E-state index in [-0.39, 0.29) is 30.7 Å². The Kier molecular flexibility index (Phi) is 8.23. The molecule has 1 fully saturated rings. The van der Waals surface area contributed by atoms with Gasteiger partial charge in [0.25, 0.3) is 0 Å². The average Bonchev–Trinajstić information content (AvgIpc) is 3.20. The molecule has 192 valence electrons. The lowest BCUT2D eigenvalue weighted by Crippen LogP contribution is -2.47. The molecule has 0 bridgehead atoms. The number of ether oxygens (including phenoxy) is 1.